The highest BCUT2D eigenvalue weighted by molar-refractivity contribution is 5.71. The van der Waals surface area contributed by atoms with Crippen LogP contribution in [0.1, 0.15) is 11.3 Å². The van der Waals surface area contributed by atoms with E-state index in [0.29, 0.717) is 17.2 Å². The summed E-state index contributed by atoms with van der Waals surface area (Å²) in [7, 11) is 1.76. The van der Waals surface area contributed by atoms with Crippen molar-refractivity contribution in [2.45, 2.75) is 13.8 Å². The van der Waals surface area contributed by atoms with Crippen molar-refractivity contribution < 1.29 is 4.39 Å². The Hall–Kier alpha value is -2.04. The predicted octanol–water partition coefficient (Wildman–Crippen LogP) is 2.50. The molecule has 1 aromatic heterocycles. The van der Waals surface area contributed by atoms with Crippen LogP contribution in [0.25, 0.3) is 0 Å². The van der Waals surface area contributed by atoms with Crippen LogP contribution in [0.2, 0.25) is 0 Å². The summed E-state index contributed by atoms with van der Waals surface area (Å²) in [6, 6.07) is 4.88. The first-order valence-corrected chi connectivity index (χ1v) is 5.31. The molecule has 0 aliphatic heterocycles. The molecule has 0 radical (unpaired) electrons. The maximum atomic E-state index is 13.6. The quantitative estimate of drug-likeness (QED) is 0.839. The van der Waals surface area contributed by atoms with E-state index >= 15 is 0 Å². The number of hydrogen-bond donors (Lipinski definition) is 2. The molecule has 0 unspecified atom stereocenters. The Balaban J connectivity index is 2.41. The lowest BCUT2D eigenvalue weighted by Gasteiger charge is -2.09. The Morgan fingerprint density at radius 1 is 1.35 bits per heavy atom. The van der Waals surface area contributed by atoms with Gasteiger partial charge in [-0.1, -0.05) is 6.07 Å². The fraction of sp³-hybridized carbons (Fsp3) is 0.250. The molecule has 3 N–H and O–H groups in total. The molecule has 4 nitrogen and oxygen atoms in total. The van der Waals surface area contributed by atoms with Crippen LogP contribution in [0.3, 0.4) is 0 Å². The highest BCUT2D eigenvalue weighted by Crippen LogP contribution is 2.27. The Bertz CT molecular complexity index is 560. The third kappa shape index (κ3) is 2.08. The monoisotopic (exact) mass is 234 g/mol. The minimum Gasteiger partial charge on any atom is -0.394 e. The zero-order valence-corrected chi connectivity index (χ0v) is 10.1. The third-order valence-corrected chi connectivity index (χ3v) is 2.64. The molecule has 90 valence electrons. The lowest BCUT2D eigenvalue weighted by Crippen LogP contribution is -2.03. The molecule has 5 heteroatoms. The smallest absolute Gasteiger partial charge is 0.152 e. The van der Waals surface area contributed by atoms with Crippen molar-refractivity contribution in [1.29, 1.82) is 0 Å². The molecule has 1 aromatic carbocycles. The summed E-state index contributed by atoms with van der Waals surface area (Å²) in [5.41, 5.74) is 8.51. The molecule has 0 bridgehead atoms. The van der Waals surface area contributed by atoms with E-state index in [4.69, 9.17) is 5.73 Å². The lowest BCUT2D eigenvalue weighted by atomic mass is 10.2. The molecule has 0 atom stereocenters. The van der Waals surface area contributed by atoms with Crippen molar-refractivity contribution >= 4 is 17.2 Å². The van der Waals surface area contributed by atoms with Gasteiger partial charge in [0.15, 0.2) is 5.82 Å². The number of benzene rings is 1. The molecule has 0 amide bonds. The molecule has 2 rings (SSSR count). The van der Waals surface area contributed by atoms with Gasteiger partial charge in [0, 0.05) is 7.05 Å². The number of rotatable bonds is 2. The topological polar surface area (TPSA) is 55.9 Å². The zero-order chi connectivity index (χ0) is 12.6. The molecule has 2 aromatic rings. The van der Waals surface area contributed by atoms with Gasteiger partial charge in [-0.05, 0) is 31.5 Å². The number of aromatic nitrogens is 2. The van der Waals surface area contributed by atoms with Crippen molar-refractivity contribution in [3.63, 3.8) is 0 Å². The van der Waals surface area contributed by atoms with Gasteiger partial charge >= 0.3 is 0 Å². The van der Waals surface area contributed by atoms with Gasteiger partial charge < -0.3 is 11.1 Å². The van der Waals surface area contributed by atoms with Gasteiger partial charge in [0.25, 0.3) is 0 Å². The Labute approximate surface area is 99.2 Å². The zero-order valence-electron chi connectivity index (χ0n) is 10.1. The van der Waals surface area contributed by atoms with E-state index in [1.165, 1.54) is 6.07 Å². The second-order valence-corrected chi connectivity index (χ2v) is 4.08. The number of nitrogens with two attached hydrogens (primary N) is 1. The predicted molar refractivity (Wildman–Crippen MR) is 66.8 cm³/mol. The van der Waals surface area contributed by atoms with Gasteiger partial charge in [-0.2, -0.15) is 5.10 Å². The molecule has 0 aliphatic carbocycles. The highest BCUT2D eigenvalue weighted by atomic mass is 19.1. The van der Waals surface area contributed by atoms with E-state index < -0.39 is 0 Å². The maximum absolute atomic E-state index is 13.6. The van der Waals surface area contributed by atoms with Crippen molar-refractivity contribution in [3.8, 4) is 0 Å². The van der Waals surface area contributed by atoms with E-state index in [-0.39, 0.29) is 5.82 Å². The first-order chi connectivity index (χ1) is 7.99. The Morgan fingerprint density at radius 2 is 2.06 bits per heavy atom. The average molecular weight is 234 g/mol. The van der Waals surface area contributed by atoms with Crippen molar-refractivity contribution in [2.75, 3.05) is 11.1 Å². The average Bonchev–Trinajstić information content (AvgIpc) is 2.50. The van der Waals surface area contributed by atoms with Crippen LogP contribution in [0, 0.1) is 19.7 Å². The number of aryl methyl sites for hydroxylation is 3. The van der Waals surface area contributed by atoms with Gasteiger partial charge in [-0.3, -0.25) is 4.68 Å². The van der Waals surface area contributed by atoms with Crippen LogP contribution in [0.5, 0.6) is 0 Å². The molecular weight excluding hydrogens is 219 g/mol. The number of halogens is 1. The highest BCUT2D eigenvalue weighted by Gasteiger charge is 2.11. The molecule has 0 saturated heterocycles. The minimum atomic E-state index is -0.311. The molecule has 0 fully saturated rings. The van der Waals surface area contributed by atoms with Crippen LogP contribution < -0.4 is 11.1 Å². The van der Waals surface area contributed by atoms with Crippen molar-refractivity contribution in [1.82, 2.24) is 9.78 Å². The van der Waals surface area contributed by atoms with E-state index in [0.717, 1.165) is 11.3 Å². The third-order valence-electron chi connectivity index (χ3n) is 2.64. The van der Waals surface area contributed by atoms with Crippen LogP contribution in [-0.2, 0) is 7.05 Å². The van der Waals surface area contributed by atoms with E-state index in [1.54, 1.807) is 23.9 Å². The Morgan fingerprint density at radius 3 is 2.65 bits per heavy atom. The first kappa shape index (κ1) is 11.4. The molecule has 1 heterocycles. The summed E-state index contributed by atoms with van der Waals surface area (Å²) in [6.07, 6.45) is 0. The summed E-state index contributed by atoms with van der Waals surface area (Å²) >= 11 is 0. The Kier molecular flexibility index (Phi) is 2.75. The van der Waals surface area contributed by atoms with Gasteiger partial charge in [0.05, 0.1) is 17.1 Å². The van der Waals surface area contributed by atoms with Crippen molar-refractivity contribution in [2.24, 2.45) is 7.05 Å². The fourth-order valence-electron chi connectivity index (χ4n) is 1.69. The van der Waals surface area contributed by atoms with Gasteiger partial charge in [-0.15, -0.1) is 0 Å². The summed E-state index contributed by atoms with van der Waals surface area (Å²) in [6.45, 7) is 3.72. The van der Waals surface area contributed by atoms with E-state index in [2.05, 4.69) is 10.4 Å². The number of anilines is 3. The number of nitrogens with one attached hydrogen (secondary N) is 1. The van der Waals surface area contributed by atoms with Crippen molar-refractivity contribution in [3.05, 3.63) is 35.3 Å². The summed E-state index contributed by atoms with van der Waals surface area (Å²) in [5, 5.41) is 7.14. The summed E-state index contributed by atoms with van der Waals surface area (Å²) < 4.78 is 15.2. The first-order valence-electron chi connectivity index (χ1n) is 5.31. The second kappa shape index (κ2) is 4.08. The van der Waals surface area contributed by atoms with Crippen LogP contribution in [0.15, 0.2) is 18.2 Å². The normalized spacial score (nSPS) is 10.6. The number of nitrogens with zero attached hydrogens (tertiary/aromatic N) is 2. The second-order valence-electron chi connectivity index (χ2n) is 4.08. The van der Waals surface area contributed by atoms with E-state index in [9.17, 15) is 4.39 Å². The molecular formula is C12H15FN4. The summed E-state index contributed by atoms with van der Waals surface area (Å²) in [4.78, 5) is 0. The van der Waals surface area contributed by atoms with Crippen LogP contribution >= 0.6 is 0 Å². The van der Waals surface area contributed by atoms with Gasteiger partial charge in [0.2, 0.25) is 0 Å². The molecule has 0 aliphatic rings. The minimum absolute atomic E-state index is 0.311. The SMILES string of the molecule is Cc1ccc(F)c(Nc2c(N)c(C)nn2C)c1. The van der Waals surface area contributed by atoms with Gasteiger partial charge in [0.1, 0.15) is 5.82 Å². The van der Waals surface area contributed by atoms with E-state index in [1.807, 2.05) is 13.8 Å². The number of nitrogen functional groups attached to an aromatic ring is 1. The standard InChI is InChI=1S/C12H15FN4/c1-7-4-5-9(13)10(6-7)15-12-11(14)8(2)16-17(12)3/h4-6,15H,14H2,1-3H3. The lowest BCUT2D eigenvalue weighted by molar-refractivity contribution is 0.631. The molecule has 17 heavy (non-hydrogen) atoms. The summed E-state index contributed by atoms with van der Waals surface area (Å²) in [5.74, 6) is 0.292. The maximum Gasteiger partial charge on any atom is 0.152 e. The molecule has 0 saturated carbocycles. The molecule has 0 spiro atoms. The largest absolute Gasteiger partial charge is 0.394 e. The number of hydrogen-bond acceptors (Lipinski definition) is 3. The fourth-order valence-corrected chi connectivity index (χ4v) is 1.69. The van der Waals surface area contributed by atoms with Crippen LogP contribution in [-0.4, -0.2) is 9.78 Å². The van der Waals surface area contributed by atoms with Crippen LogP contribution in [0.4, 0.5) is 21.6 Å². The van der Waals surface area contributed by atoms with Gasteiger partial charge in [-0.25, -0.2) is 4.39 Å².